The number of nitrogens with two attached hydrogens (primary N) is 1. The zero-order chi connectivity index (χ0) is 15.7. The van der Waals surface area contributed by atoms with Gasteiger partial charge in [0.25, 0.3) is 5.91 Å². The number of morpholine rings is 1. The molecule has 0 spiro atoms. The normalized spacial score (nSPS) is 29.0. The Hall–Kier alpha value is -1.43. The van der Waals surface area contributed by atoms with Gasteiger partial charge < -0.3 is 15.6 Å². The first-order chi connectivity index (χ1) is 10.5. The third kappa shape index (κ3) is 3.16. The highest BCUT2D eigenvalue weighted by molar-refractivity contribution is 5.85. The molecule has 1 aromatic carbocycles. The van der Waals surface area contributed by atoms with E-state index in [-0.39, 0.29) is 18.8 Å². The van der Waals surface area contributed by atoms with Gasteiger partial charge in [-0.25, -0.2) is 0 Å². The lowest BCUT2D eigenvalue weighted by Crippen LogP contribution is -2.55. The van der Waals surface area contributed by atoms with Crippen molar-refractivity contribution < 1.29 is 14.6 Å². The van der Waals surface area contributed by atoms with Gasteiger partial charge in [0.1, 0.15) is 0 Å². The maximum Gasteiger partial charge on any atom is 0.255 e. The Labute approximate surface area is 131 Å². The summed E-state index contributed by atoms with van der Waals surface area (Å²) in [6.45, 7) is 3.69. The summed E-state index contributed by atoms with van der Waals surface area (Å²) in [5.74, 6) is -0.0792. The number of aliphatic hydroxyl groups is 1. The third-order valence-electron chi connectivity index (χ3n) is 4.62. The van der Waals surface area contributed by atoms with Crippen molar-refractivity contribution in [3.63, 3.8) is 0 Å². The molecule has 1 saturated heterocycles. The van der Waals surface area contributed by atoms with Gasteiger partial charge in [-0.15, -0.1) is 0 Å². The summed E-state index contributed by atoms with van der Waals surface area (Å²) >= 11 is 0. The van der Waals surface area contributed by atoms with Crippen LogP contribution in [-0.2, 0) is 15.1 Å². The monoisotopic (exact) mass is 304 g/mol. The smallest absolute Gasteiger partial charge is 0.255 e. The van der Waals surface area contributed by atoms with Crippen molar-refractivity contribution in [2.24, 2.45) is 11.7 Å². The van der Waals surface area contributed by atoms with E-state index in [1.807, 2.05) is 13.0 Å². The fourth-order valence-electron chi connectivity index (χ4n) is 3.28. The predicted molar refractivity (Wildman–Crippen MR) is 83.0 cm³/mol. The molecule has 0 bridgehead atoms. The first-order valence-corrected chi connectivity index (χ1v) is 7.94. The summed E-state index contributed by atoms with van der Waals surface area (Å²) in [6.07, 6.45) is 2.73. The van der Waals surface area contributed by atoms with Gasteiger partial charge in [0, 0.05) is 19.6 Å². The van der Waals surface area contributed by atoms with Crippen molar-refractivity contribution >= 4 is 5.91 Å². The molecule has 3 N–H and O–H groups in total. The molecule has 1 saturated carbocycles. The van der Waals surface area contributed by atoms with Crippen LogP contribution in [0.4, 0.5) is 0 Å². The average molecular weight is 304 g/mol. The van der Waals surface area contributed by atoms with Gasteiger partial charge in [0.15, 0.2) is 5.60 Å². The maximum atomic E-state index is 11.9. The zero-order valence-electron chi connectivity index (χ0n) is 12.9. The predicted octanol–water partition coefficient (Wildman–Crippen LogP) is 0.859. The van der Waals surface area contributed by atoms with Gasteiger partial charge in [0.2, 0.25) is 0 Å². The van der Waals surface area contributed by atoms with Crippen LogP contribution in [0, 0.1) is 5.92 Å². The molecule has 5 nitrogen and oxygen atoms in total. The van der Waals surface area contributed by atoms with Crippen LogP contribution in [0.15, 0.2) is 30.3 Å². The molecular weight excluding hydrogens is 280 g/mol. The summed E-state index contributed by atoms with van der Waals surface area (Å²) in [5.41, 5.74) is 4.40. The molecule has 3 rings (SSSR count). The molecule has 3 atom stereocenters. The topological polar surface area (TPSA) is 75.8 Å². The molecule has 1 amide bonds. The second kappa shape index (κ2) is 5.99. The number of rotatable bonds is 5. The van der Waals surface area contributed by atoms with E-state index in [0.29, 0.717) is 18.0 Å². The van der Waals surface area contributed by atoms with E-state index in [9.17, 15) is 9.90 Å². The lowest BCUT2D eigenvalue weighted by molar-refractivity contribution is -0.145. The van der Waals surface area contributed by atoms with Gasteiger partial charge in [-0.3, -0.25) is 9.69 Å². The van der Waals surface area contributed by atoms with Crippen molar-refractivity contribution in [3.05, 3.63) is 35.9 Å². The number of carbonyl (C=O) groups excluding carboxylic acids is 1. The average Bonchev–Trinajstić information content (AvgIpc) is 3.32. The Balaban J connectivity index is 1.77. The SMILES string of the molecule is CC1CN(CC(O)(C(N)=O)c2ccccc2)CC(C2CC2)O1. The van der Waals surface area contributed by atoms with E-state index in [4.69, 9.17) is 10.5 Å². The number of ether oxygens (including phenoxy) is 1. The molecule has 2 fully saturated rings. The van der Waals surface area contributed by atoms with Gasteiger partial charge in [0.05, 0.1) is 12.2 Å². The summed E-state index contributed by atoms with van der Waals surface area (Å²) in [4.78, 5) is 14.0. The van der Waals surface area contributed by atoms with Crippen LogP contribution in [0.25, 0.3) is 0 Å². The van der Waals surface area contributed by atoms with E-state index < -0.39 is 11.5 Å². The van der Waals surface area contributed by atoms with Crippen molar-refractivity contribution in [3.8, 4) is 0 Å². The third-order valence-corrected chi connectivity index (χ3v) is 4.62. The number of hydrogen-bond acceptors (Lipinski definition) is 4. The van der Waals surface area contributed by atoms with Crippen LogP contribution in [0.1, 0.15) is 25.3 Å². The van der Waals surface area contributed by atoms with E-state index >= 15 is 0 Å². The van der Waals surface area contributed by atoms with E-state index in [1.54, 1.807) is 24.3 Å². The quantitative estimate of drug-likeness (QED) is 0.846. The minimum absolute atomic E-state index is 0.104. The number of nitrogens with zero attached hydrogens (tertiary/aromatic N) is 1. The largest absolute Gasteiger partial charge is 0.374 e. The minimum Gasteiger partial charge on any atom is -0.374 e. The van der Waals surface area contributed by atoms with Crippen molar-refractivity contribution in [1.29, 1.82) is 0 Å². The molecule has 3 unspecified atom stereocenters. The highest BCUT2D eigenvalue weighted by Gasteiger charge is 2.42. The first-order valence-electron chi connectivity index (χ1n) is 7.94. The van der Waals surface area contributed by atoms with Crippen LogP contribution < -0.4 is 5.73 Å². The lowest BCUT2D eigenvalue weighted by atomic mass is 9.92. The Morgan fingerprint density at radius 1 is 1.36 bits per heavy atom. The molecule has 5 heteroatoms. The van der Waals surface area contributed by atoms with Gasteiger partial charge in [-0.2, -0.15) is 0 Å². The second-order valence-corrected chi connectivity index (χ2v) is 6.61. The molecular formula is C17H24N2O3. The minimum atomic E-state index is -1.66. The van der Waals surface area contributed by atoms with E-state index in [0.717, 1.165) is 6.54 Å². The van der Waals surface area contributed by atoms with Crippen LogP contribution >= 0.6 is 0 Å². The fraction of sp³-hybridized carbons (Fsp3) is 0.588. The highest BCUT2D eigenvalue weighted by Crippen LogP contribution is 2.37. The standard InChI is InChI=1S/C17H24N2O3/c1-12-9-19(10-15(22-12)13-7-8-13)11-17(21,16(18)20)14-5-3-2-4-6-14/h2-6,12-13,15,21H,7-11H2,1H3,(H2,18,20). The van der Waals surface area contributed by atoms with Crippen LogP contribution in [-0.4, -0.2) is 47.8 Å². The van der Waals surface area contributed by atoms with Gasteiger partial charge >= 0.3 is 0 Å². The van der Waals surface area contributed by atoms with E-state index in [2.05, 4.69) is 4.90 Å². The Morgan fingerprint density at radius 3 is 2.64 bits per heavy atom. The number of benzene rings is 1. The van der Waals surface area contributed by atoms with Gasteiger partial charge in [-0.05, 0) is 31.2 Å². The summed E-state index contributed by atoms with van der Waals surface area (Å²) < 4.78 is 5.98. The lowest BCUT2D eigenvalue weighted by Gasteiger charge is -2.40. The van der Waals surface area contributed by atoms with Crippen LogP contribution in [0.3, 0.4) is 0 Å². The molecule has 1 aromatic rings. The fourth-order valence-corrected chi connectivity index (χ4v) is 3.28. The highest BCUT2D eigenvalue weighted by atomic mass is 16.5. The Bertz CT molecular complexity index is 532. The number of β-amino-alcohol motifs (C(OH)–C–C–N with tert-alkyl or cyclic N) is 1. The van der Waals surface area contributed by atoms with Crippen LogP contribution in [0.2, 0.25) is 0 Å². The Kier molecular flexibility index (Phi) is 4.21. The molecule has 2 aliphatic rings. The zero-order valence-corrected chi connectivity index (χ0v) is 12.9. The maximum absolute atomic E-state index is 11.9. The molecule has 120 valence electrons. The van der Waals surface area contributed by atoms with Crippen molar-refractivity contribution in [2.75, 3.05) is 19.6 Å². The summed E-state index contributed by atoms with van der Waals surface area (Å²) in [6, 6.07) is 8.95. The molecule has 0 aromatic heterocycles. The first kappa shape index (κ1) is 15.5. The summed E-state index contributed by atoms with van der Waals surface area (Å²) in [7, 11) is 0. The van der Waals surface area contributed by atoms with Crippen molar-refractivity contribution in [1.82, 2.24) is 4.90 Å². The molecule has 1 aliphatic heterocycles. The molecule has 1 aliphatic carbocycles. The molecule has 22 heavy (non-hydrogen) atoms. The summed E-state index contributed by atoms with van der Waals surface area (Å²) in [5, 5.41) is 10.9. The molecule has 1 heterocycles. The number of carbonyl (C=O) groups is 1. The molecule has 0 radical (unpaired) electrons. The number of hydrogen-bond donors (Lipinski definition) is 2. The second-order valence-electron chi connectivity index (χ2n) is 6.61. The number of primary amides is 1. The Morgan fingerprint density at radius 2 is 2.05 bits per heavy atom. The van der Waals surface area contributed by atoms with Crippen molar-refractivity contribution in [2.45, 2.75) is 37.6 Å². The van der Waals surface area contributed by atoms with Crippen LogP contribution in [0.5, 0.6) is 0 Å². The number of amides is 1. The van der Waals surface area contributed by atoms with E-state index in [1.165, 1.54) is 12.8 Å². The van der Waals surface area contributed by atoms with Gasteiger partial charge in [-0.1, -0.05) is 30.3 Å².